The van der Waals surface area contributed by atoms with Gasteiger partial charge in [0.05, 0.1) is 13.7 Å². The highest BCUT2D eigenvalue weighted by Gasteiger charge is 2.42. The Hall–Kier alpha value is -2.57. The second-order valence-electron chi connectivity index (χ2n) is 8.46. The Balaban J connectivity index is 1.33. The molecule has 0 unspecified atom stereocenters. The molecule has 2 fully saturated rings. The Morgan fingerprint density at radius 1 is 1.13 bits per heavy atom. The van der Waals surface area contributed by atoms with Gasteiger partial charge < -0.3 is 19.3 Å². The number of hydrogen-bond donors (Lipinski definition) is 1. The number of benzene rings is 2. The normalized spacial score (nSPS) is 20.8. The van der Waals surface area contributed by atoms with Crippen LogP contribution in [0.1, 0.15) is 48.0 Å². The van der Waals surface area contributed by atoms with E-state index in [-0.39, 0.29) is 5.56 Å². The number of carbonyl (C=O) groups is 1. The molecule has 0 atom stereocenters. The van der Waals surface area contributed by atoms with Gasteiger partial charge in [0, 0.05) is 37.5 Å². The van der Waals surface area contributed by atoms with E-state index in [1.807, 2.05) is 12.1 Å². The molecule has 0 bridgehead atoms. The first-order valence-electron chi connectivity index (χ1n) is 10.7. The van der Waals surface area contributed by atoms with Crippen molar-refractivity contribution in [2.45, 2.75) is 50.5 Å². The van der Waals surface area contributed by atoms with Crippen LogP contribution in [0.5, 0.6) is 11.5 Å². The lowest BCUT2D eigenvalue weighted by atomic mass is 9.89. The predicted octanol–water partition coefficient (Wildman–Crippen LogP) is 4.31. The maximum Gasteiger partial charge on any atom is 0.339 e. The fourth-order valence-corrected chi connectivity index (χ4v) is 4.69. The number of methoxy groups -OCH3 is 1. The van der Waals surface area contributed by atoms with E-state index >= 15 is 0 Å². The summed E-state index contributed by atoms with van der Waals surface area (Å²) in [5.41, 5.74) is 3.04. The van der Waals surface area contributed by atoms with Crippen molar-refractivity contribution in [3.63, 3.8) is 0 Å². The van der Waals surface area contributed by atoms with E-state index in [4.69, 9.17) is 14.2 Å². The molecule has 1 saturated heterocycles. The SMILES string of the molecule is COc1cc(-c2ccc3c(c2)COC2(CCN(C4CCC4)CC2)O3)ccc1C(=O)O. The van der Waals surface area contributed by atoms with Crippen LogP contribution in [0.4, 0.5) is 0 Å². The second kappa shape index (κ2) is 7.60. The quantitative estimate of drug-likeness (QED) is 0.811. The first-order chi connectivity index (χ1) is 14.6. The van der Waals surface area contributed by atoms with E-state index in [0.29, 0.717) is 12.4 Å². The lowest BCUT2D eigenvalue weighted by molar-refractivity contribution is -0.231. The summed E-state index contributed by atoms with van der Waals surface area (Å²) in [4.78, 5) is 13.9. The van der Waals surface area contributed by atoms with Crippen molar-refractivity contribution < 1.29 is 24.1 Å². The summed E-state index contributed by atoms with van der Waals surface area (Å²) >= 11 is 0. The largest absolute Gasteiger partial charge is 0.496 e. The minimum absolute atomic E-state index is 0.154. The van der Waals surface area contributed by atoms with Crippen molar-refractivity contribution in [3.05, 3.63) is 47.5 Å². The molecule has 0 aromatic heterocycles. The van der Waals surface area contributed by atoms with Crippen LogP contribution in [-0.4, -0.2) is 48.0 Å². The molecule has 158 valence electrons. The van der Waals surface area contributed by atoms with E-state index in [1.165, 1.54) is 26.4 Å². The van der Waals surface area contributed by atoms with Crippen LogP contribution < -0.4 is 9.47 Å². The summed E-state index contributed by atoms with van der Waals surface area (Å²) in [7, 11) is 1.48. The molecule has 2 aliphatic heterocycles. The fraction of sp³-hybridized carbons (Fsp3) is 0.458. The first-order valence-corrected chi connectivity index (χ1v) is 10.7. The van der Waals surface area contributed by atoms with Crippen LogP contribution in [0, 0.1) is 0 Å². The predicted molar refractivity (Wildman–Crippen MR) is 112 cm³/mol. The van der Waals surface area contributed by atoms with Crippen LogP contribution in [-0.2, 0) is 11.3 Å². The lowest BCUT2D eigenvalue weighted by Gasteiger charge is -2.47. The zero-order valence-corrected chi connectivity index (χ0v) is 17.2. The smallest absolute Gasteiger partial charge is 0.339 e. The number of carboxylic acid groups (broad SMARTS) is 1. The Morgan fingerprint density at radius 3 is 2.53 bits per heavy atom. The van der Waals surface area contributed by atoms with Gasteiger partial charge in [-0.2, -0.15) is 0 Å². The third-order valence-corrected chi connectivity index (χ3v) is 6.76. The van der Waals surface area contributed by atoms with Gasteiger partial charge in [-0.1, -0.05) is 18.6 Å². The summed E-state index contributed by atoms with van der Waals surface area (Å²) < 4.78 is 17.9. The number of ether oxygens (including phenoxy) is 3. The van der Waals surface area contributed by atoms with Gasteiger partial charge in [-0.25, -0.2) is 4.79 Å². The number of fused-ring (bicyclic) bond motifs is 1. The zero-order chi connectivity index (χ0) is 20.7. The average molecular weight is 409 g/mol. The minimum Gasteiger partial charge on any atom is -0.496 e. The van der Waals surface area contributed by atoms with Gasteiger partial charge in [-0.3, -0.25) is 4.90 Å². The molecule has 5 rings (SSSR count). The number of carboxylic acids is 1. The molecule has 2 aromatic carbocycles. The molecule has 1 aliphatic carbocycles. The van der Waals surface area contributed by atoms with E-state index in [2.05, 4.69) is 11.0 Å². The highest BCUT2D eigenvalue weighted by atomic mass is 16.7. The molecule has 30 heavy (non-hydrogen) atoms. The molecule has 3 aliphatic rings. The third-order valence-electron chi connectivity index (χ3n) is 6.76. The van der Waals surface area contributed by atoms with Crippen molar-refractivity contribution in [2.24, 2.45) is 0 Å². The van der Waals surface area contributed by atoms with E-state index in [1.54, 1.807) is 18.2 Å². The van der Waals surface area contributed by atoms with Gasteiger partial charge in [-0.05, 0) is 48.2 Å². The zero-order valence-electron chi connectivity index (χ0n) is 17.2. The topological polar surface area (TPSA) is 68.2 Å². The van der Waals surface area contributed by atoms with Crippen LogP contribution >= 0.6 is 0 Å². The Morgan fingerprint density at radius 2 is 1.87 bits per heavy atom. The molecule has 0 radical (unpaired) electrons. The highest BCUT2D eigenvalue weighted by molar-refractivity contribution is 5.92. The molecule has 6 nitrogen and oxygen atoms in total. The maximum absolute atomic E-state index is 11.3. The van der Waals surface area contributed by atoms with Gasteiger partial charge in [-0.15, -0.1) is 0 Å². The fourth-order valence-electron chi connectivity index (χ4n) is 4.69. The Labute approximate surface area is 176 Å². The van der Waals surface area contributed by atoms with E-state index in [0.717, 1.165) is 54.4 Å². The van der Waals surface area contributed by atoms with E-state index in [9.17, 15) is 9.90 Å². The molecule has 6 heteroatoms. The molecule has 1 N–H and O–H groups in total. The Bertz CT molecular complexity index is 960. The summed E-state index contributed by atoms with van der Waals surface area (Å²) in [6, 6.07) is 12.0. The molecule has 0 amide bonds. The first kappa shape index (κ1) is 19.4. The lowest BCUT2D eigenvalue weighted by Crippen LogP contribution is -2.54. The summed E-state index contributed by atoms with van der Waals surface area (Å²) in [6.45, 7) is 2.60. The highest BCUT2D eigenvalue weighted by Crippen LogP contribution is 2.41. The van der Waals surface area contributed by atoms with Gasteiger partial charge in [0.1, 0.15) is 17.1 Å². The summed E-state index contributed by atoms with van der Waals surface area (Å²) in [5.74, 6) is -0.265. The number of rotatable bonds is 4. The number of piperidine rings is 1. The van der Waals surface area contributed by atoms with Gasteiger partial charge in [0.25, 0.3) is 0 Å². The third kappa shape index (κ3) is 3.44. The minimum atomic E-state index is -1.00. The van der Waals surface area contributed by atoms with Crippen molar-refractivity contribution in [1.29, 1.82) is 0 Å². The van der Waals surface area contributed by atoms with Crippen molar-refractivity contribution in [2.75, 3.05) is 20.2 Å². The number of nitrogens with zero attached hydrogens (tertiary/aromatic N) is 1. The molecule has 1 saturated carbocycles. The average Bonchev–Trinajstić information content (AvgIpc) is 2.73. The van der Waals surface area contributed by atoms with Crippen molar-refractivity contribution >= 4 is 5.97 Å². The molecule has 2 aromatic rings. The summed E-state index contributed by atoms with van der Waals surface area (Å²) in [5, 5.41) is 9.29. The van der Waals surface area contributed by atoms with Crippen LogP contribution in [0.2, 0.25) is 0 Å². The van der Waals surface area contributed by atoms with Crippen LogP contribution in [0.25, 0.3) is 11.1 Å². The van der Waals surface area contributed by atoms with Gasteiger partial charge in [0.15, 0.2) is 0 Å². The van der Waals surface area contributed by atoms with Crippen molar-refractivity contribution in [3.8, 4) is 22.6 Å². The van der Waals surface area contributed by atoms with Crippen molar-refractivity contribution in [1.82, 2.24) is 4.90 Å². The number of likely N-dealkylation sites (tertiary alicyclic amines) is 1. The van der Waals surface area contributed by atoms with E-state index < -0.39 is 11.8 Å². The molecule has 2 heterocycles. The molecular formula is C24H27NO5. The van der Waals surface area contributed by atoms with Crippen LogP contribution in [0.15, 0.2) is 36.4 Å². The second-order valence-corrected chi connectivity index (χ2v) is 8.46. The Kier molecular flexibility index (Phi) is 4.91. The summed E-state index contributed by atoms with van der Waals surface area (Å²) in [6.07, 6.45) is 5.83. The maximum atomic E-state index is 11.3. The molecule has 1 spiro atoms. The standard InChI is InChI=1S/C24H27NO5/c1-28-22-14-17(5-7-20(22)23(26)27)16-6-8-21-18(13-16)15-29-24(30-21)9-11-25(12-10-24)19-3-2-4-19/h5-8,13-14,19H,2-4,9-12,15H2,1H3,(H,26,27). The van der Waals surface area contributed by atoms with Crippen LogP contribution in [0.3, 0.4) is 0 Å². The number of aromatic carboxylic acids is 1. The van der Waals surface area contributed by atoms with Gasteiger partial charge >= 0.3 is 5.97 Å². The van der Waals surface area contributed by atoms with Gasteiger partial charge in [0.2, 0.25) is 5.79 Å². The molecular weight excluding hydrogens is 382 g/mol. The monoisotopic (exact) mass is 409 g/mol. The number of hydrogen-bond acceptors (Lipinski definition) is 5.